The number of fused-ring (bicyclic) bond motifs is 1. The molecule has 0 radical (unpaired) electrons. The van der Waals surface area contributed by atoms with E-state index >= 15 is 0 Å². The van der Waals surface area contributed by atoms with Gasteiger partial charge in [-0.15, -0.1) is 0 Å². The zero-order valence-electron chi connectivity index (χ0n) is 13.7. The predicted molar refractivity (Wildman–Crippen MR) is 101 cm³/mol. The zero-order chi connectivity index (χ0) is 17.8. The largest absolute Gasteiger partial charge is 0.495 e. The molecule has 1 aromatic heterocycles. The van der Waals surface area contributed by atoms with E-state index in [0.29, 0.717) is 16.5 Å². The van der Waals surface area contributed by atoms with Crippen molar-refractivity contribution < 1.29 is 9.53 Å². The molecule has 5 nitrogen and oxygen atoms in total. The first-order valence-electron chi connectivity index (χ1n) is 7.59. The summed E-state index contributed by atoms with van der Waals surface area (Å²) in [6, 6.07) is 12.8. The molecule has 0 aliphatic rings. The van der Waals surface area contributed by atoms with Crippen LogP contribution in [0.4, 0.5) is 5.69 Å². The van der Waals surface area contributed by atoms with Crippen LogP contribution >= 0.6 is 23.4 Å². The Kier molecular flexibility index (Phi) is 5.40. The molecule has 0 saturated heterocycles. The lowest BCUT2D eigenvalue weighted by Gasteiger charge is -2.14. The van der Waals surface area contributed by atoms with E-state index in [1.54, 1.807) is 25.3 Å². The molecule has 1 atom stereocenters. The van der Waals surface area contributed by atoms with Gasteiger partial charge in [-0.2, -0.15) is 0 Å². The minimum Gasteiger partial charge on any atom is -0.495 e. The number of hydrogen-bond acceptors (Lipinski definition) is 5. The SMILES string of the molecule is COc1ccc(Cl)cc1NC(=O)C(C)Sc1ncnc2ccccc12. The van der Waals surface area contributed by atoms with E-state index in [9.17, 15) is 4.79 Å². The number of benzene rings is 2. The number of aromatic nitrogens is 2. The van der Waals surface area contributed by atoms with Gasteiger partial charge in [0, 0.05) is 10.4 Å². The zero-order valence-corrected chi connectivity index (χ0v) is 15.3. The van der Waals surface area contributed by atoms with E-state index in [2.05, 4.69) is 15.3 Å². The average Bonchev–Trinajstić information content (AvgIpc) is 2.62. The summed E-state index contributed by atoms with van der Waals surface area (Å²) >= 11 is 7.38. The molecule has 25 heavy (non-hydrogen) atoms. The van der Waals surface area contributed by atoms with Crippen LogP contribution in [-0.4, -0.2) is 28.2 Å². The van der Waals surface area contributed by atoms with E-state index in [1.165, 1.54) is 18.1 Å². The summed E-state index contributed by atoms with van der Waals surface area (Å²) in [7, 11) is 1.55. The third kappa shape index (κ3) is 4.03. The number of carbonyl (C=O) groups is 1. The molecule has 0 aliphatic heterocycles. The molecule has 1 unspecified atom stereocenters. The Labute approximate surface area is 154 Å². The standard InChI is InChI=1S/C18H16ClN3O2S/c1-11(17(23)22-15-9-12(19)7-8-16(15)24-2)25-18-13-5-3-4-6-14(13)20-10-21-18/h3-11H,1-2H3,(H,22,23). The van der Waals surface area contributed by atoms with Crippen molar-refractivity contribution in [3.8, 4) is 5.75 Å². The number of amides is 1. The summed E-state index contributed by atoms with van der Waals surface area (Å²) in [6.45, 7) is 1.83. The fourth-order valence-electron chi connectivity index (χ4n) is 2.31. The van der Waals surface area contributed by atoms with Crippen LogP contribution in [0.25, 0.3) is 10.9 Å². The molecule has 0 bridgehead atoms. The summed E-state index contributed by atoms with van der Waals surface area (Å²) in [6.07, 6.45) is 1.51. The summed E-state index contributed by atoms with van der Waals surface area (Å²) in [5, 5.41) is 4.72. The van der Waals surface area contributed by atoms with Crippen molar-refractivity contribution in [3.05, 3.63) is 53.8 Å². The highest BCUT2D eigenvalue weighted by Gasteiger charge is 2.18. The van der Waals surface area contributed by atoms with Crippen LogP contribution in [0.5, 0.6) is 5.75 Å². The van der Waals surface area contributed by atoms with Crippen molar-refractivity contribution in [2.24, 2.45) is 0 Å². The molecule has 3 aromatic rings. The molecule has 0 aliphatic carbocycles. The van der Waals surface area contributed by atoms with E-state index < -0.39 is 0 Å². The summed E-state index contributed by atoms with van der Waals surface area (Å²) in [4.78, 5) is 21.1. The number of nitrogens with zero attached hydrogens (tertiary/aromatic N) is 2. The quantitative estimate of drug-likeness (QED) is 0.530. The van der Waals surface area contributed by atoms with Crippen LogP contribution in [0.2, 0.25) is 5.02 Å². The first-order chi connectivity index (χ1) is 12.1. The fourth-order valence-corrected chi connectivity index (χ4v) is 3.39. The molecule has 0 spiro atoms. The second-order valence-corrected chi connectivity index (χ2v) is 7.06. The van der Waals surface area contributed by atoms with Crippen molar-refractivity contribution in [2.45, 2.75) is 17.2 Å². The number of halogens is 1. The van der Waals surface area contributed by atoms with E-state index in [-0.39, 0.29) is 11.2 Å². The number of thioether (sulfide) groups is 1. The van der Waals surface area contributed by atoms with Crippen LogP contribution in [-0.2, 0) is 4.79 Å². The number of rotatable bonds is 5. The minimum absolute atomic E-state index is 0.159. The topological polar surface area (TPSA) is 64.1 Å². The number of hydrogen-bond donors (Lipinski definition) is 1. The van der Waals surface area contributed by atoms with Gasteiger partial charge in [-0.05, 0) is 31.2 Å². The maximum Gasteiger partial charge on any atom is 0.237 e. The maximum absolute atomic E-state index is 12.6. The third-order valence-corrected chi connectivity index (χ3v) is 4.93. The Hall–Kier alpha value is -2.31. The van der Waals surface area contributed by atoms with Crippen molar-refractivity contribution >= 4 is 45.9 Å². The third-order valence-electron chi connectivity index (χ3n) is 3.58. The highest BCUT2D eigenvalue weighted by Crippen LogP contribution is 2.31. The predicted octanol–water partition coefficient (Wildman–Crippen LogP) is 4.41. The van der Waals surface area contributed by atoms with E-state index in [1.807, 2.05) is 31.2 Å². The average molecular weight is 374 g/mol. The van der Waals surface area contributed by atoms with Crippen LogP contribution in [0.15, 0.2) is 53.8 Å². The fraction of sp³-hybridized carbons (Fsp3) is 0.167. The Morgan fingerprint density at radius 1 is 1.24 bits per heavy atom. The number of carbonyl (C=O) groups excluding carboxylic acids is 1. The van der Waals surface area contributed by atoms with E-state index in [0.717, 1.165) is 15.9 Å². The van der Waals surface area contributed by atoms with Gasteiger partial charge in [-0.1, -0.05) is 41.6 Å². The van der Waals surface area contributed by atoms with Crippen LogP contribution in [0, 0.1) is 0 Å². The molecule has 2 aromatic carbocycles. The van der Waals surface area contributed by atoms with Gasteiger partial charge in [0.1, 0.15) is 17.1 Å². The molecule has 1 heterocycles. The van der Waals surface area contributed by atoms with Crippen LogP contribution < -0.4 is 10.1 Å². The number of nitrogens with one attached hydrogen (secondary N) is 1. The second-order valence-electron chi connectivity index (χ2n) is 5.29. The molecule has 128 valence electrons. The lowest BCUT2D eigenvalue weighted by molar-refractivity contribution is -0.115. The number of anilines is 1. The molecule has 0 saturated carbocycles. The Morgan fingerprint density at radius 3 is 2.84 bits per heavy atom. The van der Waals surface area contributed by atoms with Gasteiger partial charge >= 0.3 is 0 Å². The second kappa shape index (κ2) is 7.72. The van der Waals surface area contributed by atoms with Crippen molar-refractivity contribution in [3.63, 3.8) is 0 Å². The van der Waals surface area contributed by atoms with Crippen LogP contribution in [0.3, 0.4) is 0 Å². The summed E-state index contributed by atoms with van der Waals surface area (Å²) in [5.41, 5.74) is 1.39. The van der Waals surface area contributed by atoms with Crippen molar-refractivity contribution in [2.75, 3.05) is 12.4 Å². The van der Waals surface area contributed by atoms with Crippen LogP contribution in [0.1, 0.15) is 6.92 Å². The van der Waals surface area contributed by atoms with Gasteiger partial charge in [0.05, 0.1) is 23.6 Å². The Bertz CT molecular complexity index is 914. The molecular formula is C18H16ClN3O2S. The molecule has 1 N–H and O–H groups in total. The first kappa shape index (κ1) is 17.5. The van der Waals surface area contributed by atoms with Gasteiger partial charge in [-0.25, -0.2) is 9.97 Å². The van der Waals surface area contributed by atoms with Gasteiger partial charge in [0.2, 0.25) is 5.91 Å². The lowest BCUT2D eigenvalue weighted by atomic mass is 10.2. The van der Waals surface area contributed by atoms with Gasteiger partial charge in [0.15, 0.2) is 0 Å². The Morgan fingerprint density at radius 2 is 2.04 bits per heavy atom. The van der Waals surface area contributed by atoms with Gasteiger partial charge in [0.25, 0.3) is 0 Å². The van der Waals surface area contributed by atoms with E-state index in [4.69, 9.17) is 16.3 Å². The minimum atomic E-state index is -0.359. The maximum atomic E-state index is 12.6. The molecule has 3 rings (SSSR count). The highest BCUT2D eigenvalue weighted by molar-refractivity contribution is 8.00. The van der Waals surface area contributed by atoms with Crippen molar-refractivity contribution in [1.82, 2.24) is 9.97 Å². The first-order valence-corrected chi connectivity index (χ1v) is 8.85. The smallest absolute Gasteiger partial charge is 0.237 e. The van der Waals surface area contributed by atoms with Gasteiger partial charge < -0.3 is 10.1 Å². The molecule has 7 heteroatoms. The number of para-hydroxylation sites is 1. The molecule has 1 amide bonds. The number of methoxy groups -OCH3 is 1. The normalized spacial score (nSPS) is 12.0. The molecule has 0 fully saturated rings. The highest BCUT2D eigenvalue weighted by atomic mass is 35.5. The Balaban J connectivity index is 1.78. The van der Waals surface area contributed by atoms with Gasteiger partial charge in [-0.3, -0.25) is 4.79 Å². The molecular weight excluding hydrogens is 358 g/mol. The summed E-state index contributed by atoms with van der Waals surface area (Å²) in [5.74, 6) is 0.399. The summed E-state index contributed by atoms with van der Waals surface area (Å²) < 4.78 is 5.26. The lowest BCUT2D eigenvalue weighted by Crippen LogP contribution is -2.22. The van der Waals surface area contributed by atoms with Crippen molar-refractivity contribution in [1.29, 1.82) is 0 Å². The monoisotopic (exact) mass is 373 g/mol. The number of ether oxygens (including phenoxy) is 1.